The minimum absolute atomic E-state index is 0.0866. The fourth-order valence-corrected chi connectivity index (χ4v) is 2.68. The summed E-state index contributed by atoms with van der Waals surface area (Å²) in [5.74, 6) is -0.231. The van der Waals surface area contributed by atoms with E-state index in [-0.39, 0.29) is 17.8 Å². The smallest absolute Gasteiger partial charge is 0.311 e. The third-order valence-corrected chi connectivity index (χ3v) is 3.57. The van der Waals surface area contributed by atoms with Gasteiger partial charge in [-0.05, 0) is 32.4 Å². The molecule has 0 unspecified atom stereocenters. The molecule has 1 heterocycles. The third kappa shape index (κ3) is 3.48. The predicted molar refractivity (Wildman–Crippen MR) is 76.4 cm³/mol. The summed E-state index contributed by atoms with van der Waals surface area (Å²) in [6.07, 6.45) is 0. The number of ether oxygens (including phenoxy) is 1. The van der Waals surface area contributed by atoms with E-state index < -0.39 is 5.60 Å². The van der Waals surface area contributed by atoms with Gasteiger partial charge in [-0.15, -0.1) is 0 Å². The van der Waals surface area contributed by atoms with Gasteiger partial charge in [-0.1, -0.05) is 29.8 Å². The molecule has 0 amide bonds. The maximum absolute atomic E-state index is 12.3. The minimum Gasteiger partial charge on any atom is -0.460 e. The maximum Gasteiger partial charge on any atom is 0.311 e. The van der Waals surface area contributed by atoms with Gasteiger partial charge in [0.05, 0.1) is 5.92 Å². The Morgan fingerprint density at radius 2 is 2.00 bits per heavy atom. The van der Waals surface area contributed by atoms with Crippen molar-refractivity contribution in [2.45, 2.75) is 32.3 Å². The van der Waals surface area contributed by atoms with Crippen molar-refractivity contribution in [1.29, 1.82) is 0 Å². The van der Waals surface area contributed by atoms with Crippen molar-refractivity contribution >= 4 is 17.6 Å². The second kappa shape index (κ2) is 5.51. The Bertz CT molecular complexity index is 467. The summed E-state index contributed by atoms with van der Waals surface area (Å²) in [5.41, 5.74) is 0.565. The summed E-state index contributed by atoms with van der Waals surface area (Å²) in [4.78, 5) is 12.3. The number of benzene rings is 1. The molecule has 1 aromatic rings. The fraction of sp³-hybridized carbons (Fsp3) is 0.533. The van der Waals surface area contributed by atoms with E-state index >= 15 is 0 Å². The summed E-state index contributed by atoms with van der Waals surface area (Å²) in [5, 5.41) is 3.97. The quantitative estimate of drug-likeness (QED) is 0.847. The van der Waals surface area contributed by atoms with E-state index in [2.05, 4.69) is 5.32 Å². The number of halogens is 1. The van der Waals surface area contributed by atoms with Gasteiger partial charge in [-0.2, -0.15) is 0 Å². The zero-order chi connectivity index (χ0) is 14.0. The van der Waals surface area contributed by atoms with Crippen LogP contribution in [0.2, 0.25) is 5.02 Å². The molecule has 2 rings (SSSR count). The SMILES string of the molecule is CC(C)(C)OC(=O)[C@@H]1CNC[C@H]1c1ccccc1Cl. The van der Waals surface area contributed by atoms with Gasteiger partial charge in [0.2, 0.25) is 0 Å². The summed E-state index contributed by atoms with van der Waals surface area (Å²) in [7, 11) is 0. The van der Waals surface area contributed by atoms with Gasteiger partial charge < -0.3 is 10.1 Å². The summed E-state index contributed by atoms with van der Waals surface area (Å²) in [6, 6.07) is 7.70. The van der Waals surface area contributed by atoms with Crippen molar-refractivity contribution in [2.24, 2.45) is 5.92 Å². The second-order valence-corrected chi connectivity index (χ2v) is 6.33. The molecule has 1 aliphatic rings. The number of carbonyl (C=O) groups is 1. The van der Waals surface area contributed by atoms with Gasteiger partial charge >= 0.3 is 5.97 Å². The zero-order valence-corrected chi connectivity index (χ0v) is 12.3. The molecule has 19 heavy (non-hydrogen) atoms. The van der Waals surface area contributed by atoms with E-state index in [1.807, 2.05) is 45.0 Å². The average molecular weight is 282 g/mol. The van der Waals surface area contributed by atoms with Crippen molar-refractivity contribution in [3.8, 4) is 0 Å². The number of carbonyl (C=O) groups excluding carboxylic acids is 1. The normalized spacial score (nSPS) is 23.4. The van der Waals surface area contributed by atoms with Crippen LogP contribution in [-0.4, -0.2) is 24.7 Å². The lowest BCUT2D eigenvalue weighted by molar-refractivity contribution is -0.159. The highest BCUT2D eigenvalue weighted by atomic mass is 35.5. The molecule has 1 saturated heterocycles. The highest BCUT2D eigenvalue weighted by Crippen LogP contribution is 2.34. The topological polar surface area (TPSA) is 38.3 Å². The lowest BCUT2D eigenvalue weighted by atomic mass is 9.89. The van der Waals surface area contributed by atoms with Crippen LogP contribution in [-0.2, 0) is 9.53 Å². The molecule has 1 N–H and O–H groups in total. The number of hydrogen-bond donors (Lipinski definition) is 1. The van der Waals surface area contributed by atoms with Gasteiger partial charge in [-0.25, -0.2) is 0 Å². The van der Waals surface area contributed by atoms with Crippen LogP contribution in [0.4, 0.5) is 0 Å². The molecule has 1 aromatic carbocycles. The molecule has 0 saturated carbocycles. The van der Waals surface area contributed by atoms with Crippen molar-refractivity contribution in [1.82, 2.24) is 5.32 Å². The summed E-state index contributed by atoms with van der Waals surface area (Å²) < 4.78 is 5.49. The van der Waals surface area contributed by atoms with E-state index in [4.69, 9.17) is 16.3 Å². The van der Waals surface area contributed by atoms with Crippen LogP contribution in [0.25, 0.3) is 0 Å². The first-order valence-corrected chi connectivity index (χ1v) is 6.94. The van der Waals surface area contributed by atoms with Crippen molar-refractivity contribution < 1.29 is 9.53 Å². The molecule has 1 aliphatic heterocycles. The molecule has 0 aliphatic carbocycles. The predicted octanol–water partition coefficient (Wildman–Crippen LogP) is 2.98. The van der Waals surface area contributed by atoms with Crippen LogP contribution in [0, 0.1) is 5.92 Å². The van der Waals surface area contributed by atoms with Gasteiger partial charge in [-0.3, -0.25) is 4.79 Å². The van der Waals surface area contributed by atoms with Crippen LogP contribution in [0.15, 0.2) is 24.3 Å². The fourth-order valence-electron chi connectivity index (χ4n) is 2.41. The lowest BCUT2D eigenvalue weighted by Crippen LogP contribution is -2.31. The highest BCUT2D eigenvalue weighted by molar-refractivity contribution is 6.31. The average Bonchev–Trinajstić information content (AvgIpc) is 2.76. The van der Waals surface area contributed by atoms with Crippen molar-refractivity contribution in [3.05, 3.63) is 34.9 Å². The molecule has 0 bridgehead atoms. The molecular formula is C15H20ClNO2. The second-order valence-electron chi connectivity index (χ2n) is 5.93. The van der Waals surface area contributed by atoms with E-state index in [0.717, 1.165) is 12.1 Å². The Balaban J connectivity index is 2.18. The number of rotatable bonds is 2. The Hall–Kier alpha value is -1.06. The first kappa shape index (κ1) is 14.4. The third-order valence-electron chi connectivity index (χ3n) is 3.23. The van der Waals surface area contributed by atoms with Crippen LogP contribution < -0.4 is 5.32 Å². The summed E-state index contributed by atoms with van der Waals surface area (Å²) in [6.45, 7) is 7.06. The Morgan fingerprint density at radius 3 is 2.63 bits per heavy atom. The Morgan fingerprint density at radius 1 is 1.32 bits per heavy atom. The first-order valence-electron chi connectivity index (χ1n) is 6.56. The largest absolute Gasteiger partial charge is 0.460 e. The molecule has 1 fully saturated rings. The number of esters is 1. The summed E-state index contributed by atoms with van der Waals surface area (Å²) >= 11 is 6.23. The van der Waals surface area contributed by atoms with Crippen LogP contribution >= 0.6 is 11.6 Å². The monoisotopic (exact) mass is 281 g/mol. The van der Waals surface area contributed by atoms with Crippen LogP contribution in [0.1, 0.15) is 32.3 Å². The van der Waals surface area contributed by atoms with E-state index in [0.29, 0.717) is 11.6 Å². The van der Waals surface area contributed by atoms with Crippen LogP contribution in [0.3, 0.4) is 0 Å². The lowest BCUT2D eigenvalue weighted by Gasteiger charge is -2.25. The molecule has 0 aromatic heterocycles. The Kier molecular flexibility index (Phi) is 4.16. The molecule has 2 atom stereocenters. The van der Waals surface area contributed by atoms with Gasteiger partial charge in [0.15, 0.2) is 0 Å². The van der Waals surface area contributed by atoms with Gasteiger partial charge in [0.25, 0.3) is 0 Å². The Labute approximate surface area is 119 Å². The maximum atomic E-state index is 12.3. The van der Waals surface area contributed by atoms with E-state index in [1.54, 1.807) is 0 Å². The molecule has 4 heteroatoms. The zero-order valence-electron chi connectivity index (χ0n) is 11.6. The van der Waals surface area contributed by atoms with Gasteiger partial charge in [0, 0.05) is 24.0 Å². The minimum atomic E-state index is -0.454. The first-order chi connectivity index (χ1) is 8.88. The molecule has 3 nitrogen and oxygen atoms in total. The number of hydrogen-bond acceptors (Lipinski definition) is 3. The molecule has 0 radical (unpaired) electrons. The van der Waals surface area contributed by atoms with Crippen molar-refractivity contribution in [3.63, 3.8) is 0 Å². The van der Waals surface area contributed by atoms with Crippen molar-refractivity contribution in [2.75, 3.05) is 13.1 Å². The molecule has 0 spiro atoms. The van der Waals surface area contributed by atoms with Gasteiger partial charge in [0.1, 0.15) is 5.60 Å². The van der Waals surface area contributed by atoms with E-state index in [9.17, 15) is 4.79 Å². The highest BCUT2D eigenvalue weighted by Gasteiger charge is 2.37. The standard InChI is InChI=1S/C15H20ClNO2/c1-15(2,3)19-14(18)12-9-17-8-11(12)10-6-4-5-7-13(10)16/h4-7,11-12,17H,8-9H2,1-3H3/t11-,12+/m0/s1. The molecular weight excluding hydrogens is 262 g/mol. The van der Waals surface area contributed by atoms with E-state index in [1.165, 1.54) is 0 Å². The molecule has 104 valence electrons. The van der Waals surface area contributed by atoms with Crippen LogP contribution in [0.5, 0.6) is 0 Å². The number of nitrogens with one attached hydrogen (secondary N) is 1.